The Labute approximate surface area is 119 Å². The fourth-order valence-electron chi connectivity index (χ4n) is 2.13. The average Bonchev–Trinajstić information content (AvgIpc) is 2.89. The SMILES string of the molecule is COc1ccc(OC)c(-c2nc3cc(F)c(F)cc3[nH]2)c1. The summed E-state index contributed by atoms with van der Waals surface area (Å²) >= 11 is 0. The first-order chi connectivity index (χ1) is 10.1. The molecule has 0 saturated carbocycles. The van der Waals surface area contributed by atoms with Crippen LogP contribution in [0, 0.1) is 11.6 Å². The van der Waals surface area contributed by atoms with Crippen LogP contribution >= 0.6 is 0 Å². The molecule has 0 radical (unpaired) electrons. The van der Waals surface area contributed by atoms with Crippen molar-refractivity contribution in [2.24, 2.45) is 0 Å². The summed E-state index contributed by atoms with van der Waals surface area (Å²) in [5.41, 5.74) is 1.40. The molecular weight excluding hydrogens is 278 g/mol. The lowest BCUT2D eigenvalue weighted by atomic mass is 10.2. The first-order valence-electron chi connectivity index (χ1n) is 6.19. The number of hydrogen-bond donors (Lipinski definition) is 1. The van der Waals surface area contributed by atoms with Gasteiger partial charge in [0.1, 0.15) is 17.3 Å². The third-order valence-corrected chi connectivity index (χ3v) is 3.19. The molecule has 0 amide bonds. The third-order valence-electron chi connectivity index (χ3n) is 3.19. The monoisotopic (exact) mass is 290 g/mol. The Balaban J connectivity index is 2.20. The molecule has 0 aliphatic rings. The summed E-state index contributed by atoms with van der Waals surface area (Å²) in [6.45, 7) is 0. The molecule has 6 heteroatoms. The maximum absolute atomic E-state index is 13.3. The Kier molecular flexibility index (Phi) is 3.21. The Bertz CT molecular complexity index is 776. The number of benzene rings is 2. The number of imidazole rings is 1. The van der Waals surface area contributed by atoms with Crippen LogP contribution < -0.4 is 9.47 Å². The molecule has 1 aromatic heterocycles. The van der Waals surface area contributed by atoms with E-state index in [0.717, 1.165) is 12.1 Å². The first-order valence-corrected chi connectivity index (χ1v) is 6.19. The second-order valence-corrected chi connectivity index (χ2v) is 4.44. The zero-order valence-corrected chi connectivity index (χ0v) is 11.4. The molecule has 0 atom stereocenters. The van der Waals surface area contributed by atoms with Crippen molar-refractivity contribution in [1.29, 1.82) is 0 Å². The van der Waals surface area contributed by atoms with Gasteiger partial charge < -0.3 is 14.5 Å². The van der Waals surface area contributed by atoms with Crippen molar-refractivity contribution in [2.45, 2.75) is 0 Å². The highest BCUT2D eigenvalue weighted by molar-refractivity contribution is 5.81. The maximum Gasteiger partial charge on any atom is 0.161 e. The van der Waals surface area contributed by atoms with E-state index in [1.54, 1.807) is 25.3 Å². The predicted octanol–water partition coefficient (Wildman–Crippen LogP) is 3.53. The molecule has 4 nitrogen and oxygen atoms in total. The fraction of sp³-hybridized carbons (Fsp3) is 0.133. The van der Waals surface area contributed by atoms with Crippen molar-refractivity contribution in [2.75, 3.05) is 14.2 Å². The Hall–Kier alpha value is -2.63. The quantitative estimate of drug-likeness (QED) is 0.802. The molecule has 0 unspecified atom stereocenters. The molecule has 0 bridgehead atoms. The van der Waals surface area contributed by atoms with Crippen LogP contribution in [-0.2, 0) is 0 Å². The van der Waals surface area contributed by atoms with E-state index in [1.807, 2.05) is 0 Å². The van der Waals surface area contributed by atoms with E-state index in [9.17, 15) is 8.78 Å². The van der Waals surface area contributed by atoms with E-state index < -0.39 is 11.6 Å². The smallest absolute Gasteiger partial charge is 0.161 e. The van der Waals surface area contributed by atoms with Crippen molar-refractivity contribution >= 4 is 11.0 Å². The first kappa shape index (κ1) is 13.4. The van der Waals surface area contributed by atoms with Gasteiger partial charge in [0, 0.05) is 12.1 Å². The lowest BCUT2D eigenvalue weighted by molar-refractivity contribution is 0.404. The van der Waals surface area contributed by atoms with Crippen molar-refractivity contribution in [3.63, 3.8) is 0 Å². The molecule has 108 valence electrons. The van der Waals surface area contributed by atoms with Gasteiger partial charge in [0.25, 0.3) is 0 Å². The van der Waals surface area contributed by atoms with Crippen LogP contribution in [0.3, 0.4) is 0 Å². The van der Waals surface area contributed by atoms with Crippen LogP contribution in [0.2, 0.25) is 0 Å². The number of nitrogens with zero attached hydrogens (tertiary/aromatic N) is 1. The molecular formula is C15H12F2N2O2. The number of ether oxygens (including phenoxy) is 2. The molecule has 2 aromatic carbocycles. The fourth-order valence-corrected chi connectivity index (χ4v) is 2.13. The molecule has 1 heterocycles. The van der Waals surface area contributed by atoms with Crippen LogP contribution in [0.4, 0.5) is 8.78 Å². The number of nitrogens with one attached hydrogen (secondary N) is 1. The van der Waals surface area contributed by atoms with Crippen molar-refractivity contribution < 1.29 is 18.3 Å². The number of halogens is 2. The largest absolute Gasteiger partial charge is 0.497 e. The van der Waals surface area contributed by atoms with E-state index >= 15 is 0 Å². The number of methoxy groups -OCH3 is 2. The summed E-state index contributed by atoms with van der Waals surface area (Å²) < 4.78 is 37.0. The molecule has 0 aliphatic carbocycles. The Morgan fingerprint density at radius 2 is 1.76 bits per heavy atom. The highest BCUT2D eigenvalue weighted by Crippen LogP contribution is 2.33. The molecule has 0 fully saturated rings. The zero-order valence-electron chi connectivity index (χ0n) is 11.4. The van der Waals surface area contributed by atoms with Crippen LogP contribution in [-0.4, -0.2) is 24.2 Å². The van der Waals surface area contributed by atoms with Gasteiger partial charge in [0.05, 0.1) is 30.8 Å². The van der Waals surface area contributed by atoms with Crippen LogP contribution in [0.5, 0.6) is 11.5 Å². The van der Waals surface area contributed by atoms with Crippen LogP contribution in [0.1, 0.15) is 0 Å². The lowest BCUT2D eigenvalue weighted by Crippen LogP contribution is -1.91. The van der Waals surface area contributed by atoms with Crippen molar-refractivity contribution in [1.82, 2.24) is 9.97 Å². The number of hydrogen-bond acceptors (Lipinski definition) is 3. The summed E-state index contributed by atoms with van der Waals surface area (Å²) in [5, 5.41) is 0. The standard InChI is InChI=1S/C15H12F2N2O2/c1-20-8-3-4-14(21-2)9(5-8)15-18-12-6-10(16)11(17)7-13(12)19-15/h3-7H,1-2H3,(H,18,19). The average molecular weight is 290 g/mol. The third kappa shape index (κ3) is 2.29. The van der Waals surface area contributed by atoms with E-state index in [2.05, 4.69) is 9.97 Å². The van der Waals surface area contributed by atoms with Crippen molar-refractivity contribution in [3.05, 3.63) is 42.0 Å². The topological polar surface area (TPSA) is 47.1 Å². The number of rotatable bonds is 3. The Morgan fingerprint density at radius 1 is 1.00 bits per heavy atom. The summed E-state index contributed by atoms with van der Waals surface area (Å²) in [6.07, 6.45) is 0. The molecule has 0 spiro atoms. The van der Waals surface area contributed by atoms with Gasteiger partial charge in [-0.3, -0.25) is 0 Å². The maximum atomic E-state index is 13.3. The van der Waals surface area contributed by atoms with E-state index in [4.69, 9.17) is 9.47 Å². The van der Waals surface area contributed by atoms with Gasteiger partial charge in [0.15, 0.2) is 11.6 Å². The molecule has 3 rings (SSSR count). The summed E-state index contributed by atoms with van der Waals surface area (Å²) in [7, 11) is 3.09. The summed E-state index contributed by atoms with van der Waals surface area (Å²) in [5.74, 6) is -0.196. The number of fused-ring (bicyclic) bond motifs is 1. The van der Waals surface area contributed by atoms with Crippen LogP contribution in [0.15, 0.2) is 30.3 Å². The normalized spacial score (nSPS) is 10.9. The molecule has 1 N–H and O–H groups in total. The van der Waals surface area contributed by atoms with Gasteiger partial charge in [0.2, 0.25) is 0 Å². The Morgan fingerprint density at radius 3 is 2.48 bits per heavy atom. The number of aromatic nitrogens is 2. The molecule has 3 aromatic rings. The van der Waals surface area contributed by atoms with Gasteiger partial charge in [-0.2, -0.15) is 0 Å². The summed E-state index contributed by atoms with van der Waals surface area (Å²) in [4.78, 5) is 7.22. The van der Waals surface area contributed by atoms with Gasteiger partial charge in [-0.1, -0.05) is 0 Å². The second-order valence-electron chi connectivity index (χ2n) is 4.44. The van der Waals surface area contributed by atoms with Gasteiger partial charge in [-0.05, 0) is 18.2 Å². The minimum absolute atomic E-state index is 0.341. The van der Waals surface area contributed by atoms with E-state index in [1.165, 1.54) is 7.11 Å². The van der Waals surface area contributed by atoms with Gasteiger partial charge >= 0.3 is 0 Å². The lowest BCUT2D eigenvalue weighted by Gasteiger charge is -2.08. The molecule has 0 saturated heterocycles. The number of H-pyrrole nitrogens is 1. The molecule has 21 heavy (non-hydrogen) atoms. The predicted molar refractivity (Wildman–Crippen MR) is 74.5 cm³/mol. The second kappa shape index (κ2) is 5.05. The zero-order chi connectivity index (χ0) is 15.0. The minimum atomic E-state index is -0.932. The number of aromatic amines is 1. The van der Waals surface area contributed by atoms with Gasteiger partial charge in [-0.15, -0.1) is 0 Å². The summed E-state index contributed by atoms with van der Waals surface area (Å²) in [6, 6.07) is 7.36. The highest BCUT2D eigenvalue weighted by atomic mass is 19.2. The van der Waals surface area contributed by atoms with E-state index in [-0.39, 0.29) is 0 Å². The highest BCUT2D eigenvalue weighted by Gasteiger charge is 2.14. The van der Waals surface area contributed by atoms with Crippen LogP contribution in [0.25, 0.3) is 22.4 Å². The van der Waals surface area contributed by atoms with Crippen molar-refractivity contribution in [3.8, 4) is 22.9 Å². The van der Waals surface area contributed by atoms with Gasteiger partial charge in [-0.25, -0.2) is 13.8 Å². The molecule has 0 aliphatic heterocycles. The minimum Gasteiger partial charge on any atom is -0.497 e. The van der Waals surface area contributed by atoms with E-state index in [0.29, 0.717) is 33.9 Å².